The summed E-state index contributed by atoms with van der Waals surface area (Å²) in [6, 6.07) is 9.30. The molecular formula is C22H21Cl2FN2O4. The van der Waals surface area contributed by atoms with E-state index in [1.165, 1.54) is 10.6 Å². The summed E-state index contributed by atoms with van der Waals surface area (Å²) in [5, 5.41) is 11.2. The maximum absolute atomic E-state index is 14.7. The predicted molar refractivity (Wildman–Crippen MR) is 117 cm³/mol. The van der Waals surface area contributed by atoms with Crippen molar-refractivity contribution in [3.63, 3.8) is 0 Å². The highest BCUT2D eigenvalue weighted by Crippen LogP contribution is 2.33. The summed E-state index contributed by atoms with van der Waals surface area (Å²) >= 11 is 12.0. The van der Waals surface area contributed by atoms with Crippen LogP contribution in [0.5, 0.6) is 17.4 Å². The molecule has 6 nitrogen and oxygen atoms in total. The molecule has 164 valence electrons. The Kier molecular flexibility index (Phi) is 6.16. The molecule has 0 fully saturated rings. The maximum atomic E-state index is 14.7. The van der Waals surface area contributed by atoms with E-state index < -0.39 is 17.6 Å². The van der Waals surface area contributed by atoms with Gasteiger partial charge < -0.3 is 14.6 Å². The largest absolute Gasteiger partial charge is 0.493 e. The maximum Gasteiger partial charge on any atom is 0.336 e. The first-order valence-electron chi connectivity index (χ1n) is 9.93. The number of hydrogen-bond donors (Lipinski definition) is 1. The van der Waals surface area contributed by atoms with Crippen LogP contribution in [0.3, 0.4) is 0 Å². The van der Waals surface area contributed by atoms with Gasteiger partial charge in [-0.25, -0.2) is 13.8 Å². The number of aromatic hydroxyl groups is 1. The third kappa shape index (κ3) is 4.38. The summed E-state index contributed by atoms with van der Waals surface area (Å²) in [5.74, 6) is -0.180. The van der Waals surface area contributed by atoms with Crippen LogP contribution in [0.1, 0.15) is 25.5 Å². The second kappa shape index (κ2) is 8.85. The van der Waals surface area contributed by atoms with Gasteiger partial charge in [0.2, 0.25) is 5.88 Å². The Hall–Kier alpha value is -2.64. The molecule has 0 aliphatic carbocycles. The number of fused-ring (bicyclic) bond motifs is 1. The van der Waals surface area contributed by atoms with Crippen LogP contribution >= 0.6 is 23.2 Å². The second-order valence-electron chi connectivity index (χ2n) is 7.42. The fourth-order valence-electron chi connectivity index (χ4n) is 3.61. The molecule has 0 radical (unpaired) electrons. The Morgan fingerprint density at radius 3 is 2.65 bits per heavy atom. The van der Waals surface area contributed by atoms with Crippen molar-refractivity contribution < 1.29 is 19.0 Å². The second-order valence-corrected chi connectivity index (χ2v) is 8.27. The van der Waals surface area contributed by atoms with Crippen LogP contribution < -0.4 is 15.2 Å². The Morgan fingerprint density at radius 2 is 1.94 bits per heavy atom. The highest BCUT2D eigenvalue weighted by molar-refractivity contribution is 6.32. The van der Waals surface area contributed by atoms with Gasteiger partial charge >= 0.3 is 5.69 Å². The average molecular weight is 467 g/mol. The van der Waals surface area contributed by atoms with Gasteiger partial charge in [0, 0.05) is 17.6 Å². The van der Waals surface area contributed by atoms with Crippen molar-refractivity contribution in [3.05, 3.63) is 68.4 Å². The summed E-state index contributed by atoms with van der Waals surface area (Å²) in [5.41, 5.74) is -0.0917. The molecule has 0 spiro atoms. The highest BCUT2D eigenvalue weighted by atomic mass is 35.5. The fourth-order valence-corrected chi connectivity index (χ4v) is 3.93. The zero-order chi connectivity index (χ0) is 22.1. The molecule has 2 heterocycles. The first kappa shape index (κ1) is 21.6. The zero-order valence-corrected chi connectivity index (χ0v) is 18.3. The molecule has 0 saturated carbocycles. The number of halogens is 3. The molecule has 1 N–H and O–H groups in total. The molecule has 3 aromatic rings. The SMILES string of the molecule is CC(COc1ccc(Cl)cc1)Oc1cc(-n2c(O)c3n(c2=O)CCCC3)c(F)cc1Cl. The van der Waals surface area contributed by atoms with Crippen molar-refractivity contribution in [1.29, 1.82) is 0 Å². The molecule has 31 heavy (non-hydrogen) atoms. The van der Waals surface area contributed by atoms with Crippen LogP contribution in [0.2, 0.25) is 10.0 Å². The minimum Gasteiger partial charge on any atom is -0.493 e. The molecule has 1 unspecified atom stereocenters. The first-order chi connectivity index (χ1) is 14.8. The van der Waals surface area contributed by atoms with Crippen LogP contribution in [0.25, 0.3) is 5.69 Å². The zero-order valence-electron chi connectivity index (χ0n) is 16.8. The van der Waals surface area contributed by atoms with Crippen LogP contribution in [0.15, 0.2) is 41.2 Å². The van der Waals surface area contributed by atoms with Gasteiger partial charge in [-0.2, -0.15) is 0 Å². The summed E-state index contributed by atoms with van der Waals surface area (Å²) in [7, 11) is 0. The lowest BCUT2D eigenvalue weighted by Gasteiger charge is -2.18. The van der Waals surface area contributed by atoms with E-state index in [4.69, 9.17) is 32.7 Å². The van der Waals surface area contributed by atoms with Crippen molar-refractivity contribution in [3.8, 4) is 23.1 Å². The lowest BCUT2D eigenvalue weighted by atomic mass is 10.1. The van der Waals surface area contributed by atoms with Gasteiger partial charge in [0.05, 0.1) is 16.4 Å². The molecule has 9 heteroatoms. The Balaban J connectivity index is 1.58. The molecule has 1 aliphatic heterocycles. The number of benzene rings is 2. The molecule has 4 rings (SSSR count). The highest BCUT2D eigenvalue weighted by Gasteiger charge is 2.25. The molecular weight excluding hydrogens is 446 g/mol. The van der Waals surface area contributed by atoms with Gasteiger partial charge in [0.15, 0.2) is 0 Å². The van der Waals surface area contributed by atoms with Crippen molar-refractivity contribution in [2.45, 2.75) is 38.8 Å². The molecule has 2 aromatic carbocycles. The molecule has 0 saturated heterocycles. The lowest BCUT2D eigenvalue weighted by molar-refractivity contribution is 0.143. The van der Waals surface area contributed by atoms with E-state index in [-0.39, 0.29) is 28.9 Å². The van der Waals surface area contributed by atoms with Gasteiger partial charge in [-0.05, 0) is 56.5 Å². The van der Waals surface area contributed by atoms with E-state index in [0.717, 1.165) is 23.5 Å². The molecule has 1 aliphatic rings. The van der Waals surface area contributed by atoms with Gasteiger partial charge in [0.1, 0.15) is 30.0 Å². The molecule has 1 aromatic heterocycles. The predicted octanol–water partition coefficient (Wildman–Crippen LogP) is 4.97. The number of rotatable bonds is 6. The lowest BCUT2D eigenvalue weighted by Crippen LogP contribution is -2.26. The minimum atomic E-state index is -0.734. The third-order valence-corrected chi connectivity index (χ3v) is 5.68. The van der Waals surface area contributed by atoms with Crippen molar-refractivity contribution >= 4 is 23.2 Å². The quantitative estimate of drug-likeness (QED) is 0.556. The topological polar surface area (TPSA) is 65.6 Å². The van der Waals surface area contributed by atoms with E-state index in [1.807, 2.05) is 0 Å². The van der Waals surface area contributed by atoms with Crippen molar-refractivity contribution in [2.75, 3.05) is 6.61 Å². The standard InChI is InChI=1S/C22H21Cl2FN2O4/c1-13(12-30-15-7-5-14(23)6-8-15)31-20-11-19(17(25)10-16(20)24)27-21(28)18-4-2-3-9-26(18)22(27)29/h5-8,10-11,13,28H,2-4,9,12H2,1H3. The van der Waals surface area contributed by atoms with Crippen LogP contribution in [0, 0.1) is 5.82 Å². The van der Waals surface area contributed by atoms with E-state index in [9.17, 15) is 14.3 Å². The third-order valence-electron chi connectivity index (χ3n) is 5.13. The van der Waals surface area contributed by atoms with Crippen molar-refractivity contribution in [2.24, 2.45) is 0 Å². The van der Waals surface area contributed by atoms with Gasteiger partial charge in [-0.15, -0.1) is 0 Å². The van der Waals surface area contributed by atoms with Crippen LogP contribution in [0.4, 0.5) is 4.39 Å². The molecule has 0 bridgehead atoms. The summed E-state index contributed by atoms with van der Waals surface area (Å²) < 4.78 is 28.7. The minimum absolute atomic E-state index is 0.0519. The summed E-state index contributed by atoms with van der Waals surface area (Å²) in [6.45, 7) is 2.47. The molecule has 0 amide bonds. The van der Waals surface area contributed by atoms with E-state index in [1.54, 1.807) is 31.2 Å². The van der Waals surface area contributed by atoms with Gasteiger partial charge in [0.25, 0.3) is 0 Å². The summed E-state index contributed by atoms with van der Waals surface area (Å²) in [6.07, 6.45) is 1.82. The number of nitrogens with zero attached hydrogens (tertiary/aromatic N) is 2. The fraction of sp³-hybridized carbons (Fsp3) is 0.318. The first-order valence-corrected chi connectivity index (χ1v) is 10.7. The normalized spacial score (nSPS) is 14.2. The van der Waals surface area contributed by atoms with E-state index in [2.05, 4.69) is 0 Å². The average Bonchev–Trinajstić information content (AvgIpc) is 3.00. The van der Waals surface area contributed by atoms with Crippen molar-refractivity contribution in [1.82, 2.24) is 9.13 Å². The van der Waals surface area contributed by atoms with Crippen LogP contribution in [-0.4, -0.2) is 27.0 Å². The number of aromatic nitrogens is 2. The Bertz CT molecular complexity index is 1160. The Morgan fingerprint density at radius 1 is 1.19 bits per heavy atom. The van der Waals surface area contributed by atoms with E-state index >= 15 is 0 Å². The van der Waals surface area contributed by atoms with E-state index in [0.29, 0.717) is 29.4 Å². The molecule has 1 atom stereocenters. The number of ether oxygens (including phenoxy) is 2. The van der Waals surface area contributed by atoms with Gasteiger partial charge in [-0.1, -0.05) is 23.2 Å². The summed E-state index contributed by atoms with van der Waals surface area (Å²) in [4.78, 5) is 12.8. The van der Waals surface area contributed by atoms with Crippen LogP contribution in [-0.2, 0) is 13.0 Å². The monoisotopic (exact) mass is 466 g/mol. The number of hydrogen-bond acceptors (Lipinski definition) is 4. The smallest absolute Gasteiger partial charge is 0.336 e. The Labute approximate surface area is 188 Å². The number of imidazole rings is 1. The van der Waals surface area contributed by atoms with Gasteiger partial charge in [-0.3, -0.25) is 4.57 Å².